The number of rotatable bonds is 3. The highest BCUT2D eigenvalue weighted by Crippen LogP contribution is 2.28. The standard InChI is InChI=1S/C15H23N3O/c1-12(18-7-4-16-5-8-18)10-13-2-3-15-14(11-13)17-6-9-19-15/h2-3,11-12,16-17H,4-10H2,1H3. The van der Waals surface area contributed by atoms with Crippen LogP contribution in [0, 0.1) is 0 Å². The van der Waals surface area contributed by atoms with Crippen LogP contribution < -0.4 is 15.4 Å². The molecule has 104 valence electrons. The van der Waals surface area contributed by atoms with Gasteiger partial charge in [-0.3, -0.25) is 4.90 Å². The molecule has 0 aromatic heterocycles. The van der Waals surface area contributed by atoms with Crippen LogP contribution in [0.2, 0.25) is 0 Å². The number of hydrogen-bond acceptors (Lipinski definition) is 4. The predicted octanol–water partition coefficient (Wildman–Crippen LogP) is 1.33. The maximum absolute atomic E-state index is 5.62. The molecule has 2 heterocycles. The van der Waals surface area contributed by atoms with E-state index in [0.717, 1.165) is 57.2 Å². The Hall–Kier alpha value is -1.26. The Morgan fingerprint density at radius 2 is 2.11 bits per heavy atom. The fourth-order valence-corrected chi connectivity index (χ4v) is 2.91. The fraction of sp³-hybridized carbons (Fsp3) is 0.600. The summed E-state index contributed by atoms with van der Waals surface area (Å²) < 4.78 is 5.62. The molecular formula is C15H23N3O. The Labute approximate surface area is 115 Å². The zero-order valence-electron chi connectivity index (χ0n) is 11.6. The van der Waals surface area contributed by atoms with Crippen LogP contribution in [-0.2, 0) is 6.42 Å². The van der Waals surface area contributed by atoms with E-state index in [0.29, 0.717) is 6.04 Å². The number of piperazine rings is 1. The Kier molecular flexibility index (Phi) is 3.89. The normalized spacial score (nSPS) is 21.1. The number of benzene rings is 1. The zero-order chi connectivity index (χ0) is 13.1. The van der Waals surface area contributed by atoms with Gasteiger partial charge in [0.15, 0.2) is 0 Å². The first-order chi connectivity index (χ1) is 9.33. The molecule has 4 heteroatoms. The van der Waals surface area contributed by atoms with Crippen molar-refractivity contribution in [3.8, 4) is 5.75 Å². The lowest BCUT2D eigenvalue weighted by Crippen LogP contribution is -2.48. The second-order valence-electron chi connectivity index (χ2n) is 5.44. The van der Waals surface area contributed by atoms with Gasteiger partial charge in [0.2, 0.25) is 0 Å². The molecule has 3 rings (SSSR count). The van der Waals surface area contributed by atoms with Crippen LogP contribution in [0.25, 0.3) is 0 Å². The third-order valence-corrected chi connectivity index (χ3v) is 4.03. The van der Waals surface area contributed by atoms with Gasteiger partial charge in [0.1, 0.15) is 12.4 Å². The summed E-state index contributed by atoms with van der Waals surface area (Å²) in [6.45, 7) is 8.55. The number of fused-ring (bicyclic) bond motifs is 1. The Morgan fingerprint density at radius 1 is 1.26 bits per heavy atom. The van der Waals surface area contributed by atoms with Gasteiger partial charge in [-0.25, -0.2) is 0 Å². The quantitative estimate of drug-likeness (QED) is 0.860. The molecule has 4 nitrogen and oxygen atoms in total. The minimum Gasteiger partial charge on any atom is -0.490 e. The molecule has 2 aliphatic rings. The van der Waals surface area contributed by atoms with E-state index in [1.54, 1.807) is 0 Å². The Balaban J connectivity index is 1.65. The number of ether oxygens (including phenoxy) is 1. The number of hydrogen-bond donors (Lipinski definition) is 2. The second-order valence-corrected chi connectivity index (χ2v) is 5.44. The molecule has 0 amide bonds. The summed E-state index contributed by atoms with van der Waals surface area (Å²) in [5.74, 6) is 0.991. The van der Waals surface area contributed by atoms with Crippen molar-refractivity contribution in [3.05, 3.63) is 23.8 Å². The smallest absolute Gasteiger partial charge is 0.142 e. The molecule has 2 N–H and O–H groups in total. The van der Waals surface area contributed by atoms with Crippen molar-refractivity contribution in [1.29, 1.82) is 0 Å². The molecule has 1 unspecified atom stereocenters. The second kappa shape index (κ2) is 5.80. The van der Waals surface area contributed by atoms with Crippen LogP contribution in [0.5, 0.6) is 5.75 Å². The summed E-state index contributed by atoms with van der Waals surface area (Å²) in [7, 11) is 0. The third-order valence-electron chi connectivity index (χ3n) is 4.03. The van der Waals surface area contributed by atoms with Crippen LogP contribution in [0.4, 0.5) is 5.69 Å². The van der Waals surface area contributed by atoms with Crippen molar-refractivity contribution in [1.82, 2.24) is 10.2 Å². The minimum absolute atomic E-state index is 0.602. The summed E-state index contributed by atoms with van der Waals surface area (Å²) in [5.41, 5.74) is 2.54. The van der Waals surface area contributed by atoms with E-state index in [-0.39, 0.29) is 0 Å². The molecule has 0 spiro atoms. The summed E-state index contributed by atoms with van der Waals surface area (Å²) in [5, 5.41) is 6.81. The molecule has 1 fully saturated rings. The van der Waals surface area contributed by atoms with Crippen molar-refractivity contribution in [2.24, 2.45) is 0 Å². The highest BCUT2D eigenvalue weighted by atomic mass is 16.5. The highest BCUT2D eigenvalue weighted by Gasteiger charge is 2.17. The maximum Gasteiger partial charge on any atom is 0.142 e. The third kappa shape index (κ3) is 3.01. The van der Waals surface area contributed by atoms with Crippen LogP contribution in [0.1, 0.15) is 12.5 Å². The van der Waals surface area contributed by atoms with Crippen LogP contribution in [0.15, 0.2) is 18.2 Å². The largest absolute Gasteiger partial charge is 0.490 e. The molecule has 0 radical (unpaired) electrons. The van der Waals surface area contributed by atoms with Crippen molar-refractivity contribution < 1.29 is 4.74 Å². The van der Waals surface area contributed by atoms with E-state index >= 15 is 0 Å². The van der Waals surface area contributed by atoms with E-state index in [2.05, 4.69) is 40.7 Å². The first-order valence-corrected chi connectivity index (χ1v) is 7.27. The predicted molar refractivity (Wildman–Crippen MR) is 78.0 cm³/mol. The topological polar surface area (TPSA) is 36.5 Å². The van der Waals surface area contributed by atoms with Crippen LogP contribution in [0.3, 0.4) is 0 Å². The molecule has 1 saturated heterocycles. The van der Waals surface area contributed by atoms with Crippen LogP contribution in [-0.4, -0.2) is 50.3 Å². The number of nitrogens with zero attached hydrogens (tertiary/aromatic N) is 1. The number of anilines is 1. The summed E-state index contributed by atoms with van der Waals surface area (Å²) in [6, 6.07) is 7.14. The van der Waals surface area contributed by atoms with Gasteiger partial charge in [-0.2, -0.15) is 0 Å². The fourth-order valence-electron chi connectivity index (χ4n) is 2.91. The first-order valence-electron chi connectivity index (χ1n) is 7.27. The van der Waals surface area contributed by atoms with Gasteiger partial charge in [0.25, 0.3) is 0 Å². The first kappa shape index (κ1) is 12.8. The average Bonchev–Trinajstić information content (AvgIpc) is 2.48. The Bertz CT molecular complexity index is 429. The van der Waals surface area contributed by atoms with Crippen molar-refractivity contribution in [2.45, 2.75) is 19.4 Å². The summed E-state index contributed by atoms with van der Waals surface area (Å²) in [6.07, 6.45) is 1.11. The highest BCUT2D eigenvalue weighted by molar-refractivity contribution is 5.59. The molecule has 2 aliphatic heterocycles. The van der Waals surface area contributed by atoms with Gasteiger partial charge in [0.05, 0.1) is 5.69 Å². The van der Waals surface area contributed by atoms with Crippen LogP contribution >= 0.6 is 0 Å². The number of nitrogens with one attached hydrogen (secondary N) is 2. The average molecular weight is 261 g/mol. The molecule has 19 heavy (non-hydrogen) atoms. The SMILES string of the molecule is CC(Cc1ccc2c(c1)NCCO2)N1CCNCC1. The van der Waals surface area contributed by atoms with E-state index in [9.17, 15) is 0 Å². The van der Waals surface area contributed by atoms with Gasteiger partial charge in [-0.15, -0.1) is 0 Å². The van der Waals surface area contributed by atoms with E-state index in [1.165, 1.54) is 5.56 Å². The zero-order valence-corrected chi connectivity index (χ0v) is 11.6. The molecule has 0 bridgehead atoms. The lowest BCUT2D eigenvalue weighted by molar-refractivity contribution is 0.183. The summed E-state index contributed by atoms with van der Waals surface area (Å²) >= 11 is 0. The monoisotopic (exact) mass is 261 g/mol. The van der Waals surface area contributed by atoms with Gasteiger partial charge in [-0.05, 0) is 31.0 Å². The van der Waals surface area contributed by atoms with Gasteiger partial charge in [0, 0.05) is 38.8 Å². The van der Waals surface area contributed by atoms with Crippen molar-refractivity contribution in [2.75, 3.05) is 44.6 Å². The Morgan fingerprint density at radius 3 is 2.95 bits per heavy atom. The van der Waals surface area contributed by atoms with Gasteiger partial charge >= 0.3 is 0 Å². The molecular weight excluding hydrogens is 238 g/mol. The molecule has 1 aromatic rings. The van der Waals surface area contributed by atoms with Crippen molar-refractivity contribution in [3.63, 3.8) is 0 Å². The maximum atomic E-state index is 5.62. The minimum atomic E-state index is 0.602. The lowest BCUT2D eigenvalue weighted by Gasteiger charge is -2.33. The molecule has 1 atom stereocenters. The van der Waals surface area contributed by atoms with E-state index in [4.69, 9.17) is 4.74 Å². The van der Waals surface area contributed by atoms with Gasteiger partial charge < -0.3 is 15.4 Å². The molecule has 1 aromatic carbocycles. The molecule has 0 aliphatic carbocycles. The van der Waals surface area contributed by atoms with Crippen molar-refractivity contribution >= 4 is 5.69 Å². The lowest BCUT2D eigenvalue weighted by atomic mass is 10.0. The van der Waals surface area contributed by atoms with E-state index < -0.39 is 0 Å². The van der Waals surface area contributed by atoms with Gasteiger partial charge in [-0.1, -0.05) is 6.07 Å². The molecule has 0 saturated carbocycles. The van der Waals surface area contributed by atoms with E-state index in [1.807, 2.05) is 0 Å². The summed E-state index contributed by atoms with van der Waals surface area (Å²) in [4.78, 5) is 2.57.